The zero-order valence-electron chi connectivity index (χ0n) is 14.0. The van der Waals surface area contributed by atoms with Crippen LogP contribution in [-0.2, 0) is 9.53 Å². The molecule has 128 valence electrons. The average molecular weight is 336 g/mol. The van der Waals surface area contributed by atoms with Gasteiger partial charge in [0, 0.05) is 5.56 Å². The third kappa shape index (κ3) is 3.45. The van der Waals surface area contributed by atoms with E-state index >= 15 is 0 Å². The summed E-state index contributed by atoms with van der Waals surface area (Å²) in [5, 5.41) is 0. The molecular weight excluding hydrogens is 317 g/mol. The van der Waals surface area contributed by atoms with Gasteiger partial charge in [-0.1, -0.05) is 0 Å². The highest BCUT2D eigenvalue weighted by Crippen LogP contribution is 2.33. The van der Waals surface area contributed by atoms with Gasteiger partial charge in [0.25, 0.3) is 0 Å². The Labute approximate surface area is 139 Å². The average Bonchev–Trinajstić information content (AvgIpc) is 2.49. The second-order valence-electron chi connectivity index (χ2n) is 5.75. The molecule has 0 fully saturated rings. The van der Waals surface area contributed by atoms with E-state index in [1.54, 1.807) is 20.8 Å². The van der Waals surface area contributed by atoms with Crippen molar-refractivity contribution in [2.45, 2.75) is 33.6 Å². The lowest BCUT2D eigenvalue weighted by Crippen LogP contribution is -2.15. The SMILES string of the molecule is CCOC(=O)C(C)c1cc(-c2c(C)cc(F)cc2C)cc(F)c1F. The number of esters is 1. The summed E-state index contributed by atoms with van der Waals surface area (Å²) in [5.41, 5.74) is 2.15. The van der Waals surface area contributed by atoms with Gasteiger partial charge in [0.2, 0.25) is 0 Å². The molecule has 0 N–H and O–H groups in total. The van der Waals surface area contributed by atoms with Gasteiger partial charge in [0.15, 0.2) is 11.6 Å². The number of ether oxygens (including phenoxy) is 1. The Morgan fingerprint density at radius 2 is 1.67 bits per heavy atom. The monoisotopic (exact) mass is 336 g/mol. The molecule has 0 bridgehead atoms. The Bertz CT molecular complexity index is 761. The first kappa shape index (κ1) is 18.0. The fraction of sp³-hybridized carbons (Fsp3) is 0.316. The zero-order chi connectivity index (χ0) is 18.0. The van der Waals surface area contributed by atoms with Crippen LogP contribution >= 0.6 is 0 Å². The second kappa shape index (κ2) is 7.07. The molecule has 1 atom stereocenters. The molecular formula is C19H19F3O2. The van der Waals surface area contributed by atoms with Crippen LogP contribution in [0.15, 0.2) is 24.3 Å². The quantitative estimate of drug-likeness (QED) is 0.730. The van der Waals surface area contributed by atoms with E-state index in [-0.39, 0.29) is 12.2 Å². The van der Waals surface area contributed by atoms with Crippen molar-refractivity contribution in [3.05, 3.63) is 58.4 Å². The Hall–Kier alpha value is -2.30. The Morgan fingerprint density at radius 3 is 2.21 bits per heavy atom. The van der Waals surface area contributed by atoms with Crippen LogP contribution in [0.1, 0.15) is 36.5 Å². The number of benzene rings is 2. The van der Waals surface area contributed by atoms with Crippen LogP contribution in [0.25, 0.3) is 11.1 Å². The molecule has 5 heteroatoms. The van der Waals surface area contributed by atoms with E-state index < -0.39 is 29.3 Å². The maximum Gasteiger partial charge on any atom is 0.313 e. The van der Waals surface area contributed by atoms with Crippen molar-refractivity contribution in [1.82, 2.24) is 0 Å². The number of hydrogen-bond donors (Lipinski definition) is 0. The van der Waals surface area contributed by atoms with E-state index in [0.29, 0.717) is 22.3 Å². The number of aryl methyl sites for hydroxylation is 2. The summed E-state index contributed by atoms with van der Waals surface area (Å²) < 4.78 is 46.6. The van der Waals surface area contributed by atoms with Gasteiger partial charge in [-0.15, -0.1) is 0 Å². The van der Waals surface area contributed by atoms with E-state index in [1.165, 1.54) is 25.1 Å². The van der Waals surface area contributed by atoms with Gasteiger partial charge in [0.1, 0.15) is 5.82 Å². The summed E-state index contributed by atoms with van der Waals surface area (Å²) in [7, 11) is 0. The summed E-state index contributed by atoms with van der Waals surface area (Å²) in [5.74, 6) is -4.09. The van der Waals surface area contributed by atoms with Crippen molar-refractivity contribution in [2.24, 2.45) is 0 Å². The molecule has 0 spiro atoms. The summed E-state index contributed by atoms with van der Waals surface area (Å²) in [4.78, 5) is 11.9. The number of carbonyl (C=O) groups is 1. The lowest BCUT2D eigenvalue weighted by Gasteiger charge is -2.16. The van der Waals surface area contributed by atoms with Crippen LogP contribution < -0.4 is 0 Å². The molecule has 0 saturated carbocycles. The molecule has 0 aliphatic carbocycles. The Balaban J connectivity index is 2.61. The minimum absolute atomic E-state index is 0.0772. The molecule has 0 amide bonds. The van der Waals surface area contributed by atoms with Crippen LogP contribution in [0.3, 0.4) is 0 Å². The van der Waals surface area contributed by atoms with Crippen molar-refractivity contribution in [3.63, 3.8) is 0 Å². The molecule has 0 aliphatic rings. The van der Waals surface area contributed by atoms with E-state index in [1.807, 2.05) is 0 Å². The van der Waals surface area contributed by atoms with E-state index in [0.717, 1.165) is 6.07 Å². The number of hydrogen-bond acceptors (Lipinski definition) is 2. The van der Waals surface area contributed by atoms with E-state index in [9.17, 15) is 18.0 Å². The maximum atomic E-state index is 14.2. The predicted octanol–water partition coefficient (Wildman–Crippen LogP) is 5.05. The second-order valence-corrected chi connectivity index (χ2v) is 5.75. The molecule has 2 aromatic rings. The first-order chi connectivity index (χ1) is 11.3. The maximum absolute atomic E-state index is 14.2. The molecule has 2 aromatic carbocycles. The molecule has 24 heavy (non-hydrogen) atoms. The fourth-order valence-electron chi connectivity index (χ4n) is 2.83. The normalized spacial score (nSPS) is 12.1. The molecule has 0 radical (unpaired) electrons. The molecule has 0 heterocycles. The van der Waals surface area contributed by atoms with E-state index in [2.05, 4.69) is 0 Å². The first-order valence-corrected chi connectivity index (χ1v) is 7.69. The standard InChI is InChI=1S/C19H19F3O2/c1-5-24-19(23)12(4)15-8-13(9-16(21)18(15)22)17-10(2)6-14(20)7-11(17)3/h6-9,12H,5H2,1-4H3. The molecule has 0 saturated heterocycles. The van der Waals surface area contributed by atoms with Gasteiger partial charge in [-0.2, -0.15) is 0 Å². The lowest BCUT2D eigenvalue weighted by molar-refractivity contribution is -0.144. The molecule has 2 nitrogen and oxygen atoms in total. The third-order valence-electron chi connectivity index (χ3n) is 3.95. The minimum atomic E-state index is -1.07. The molecule has 2 rings (SSSR count). The Morgan fingerprint density at radius 1 is 1.08 bits per heavy atom. The van der Waals surface area contributed by atoms with Gasteiger partial charge >= 0.3 is 5.97 Å². The van der Waals surface area contributed by atoms with Gasteiger partial charge in [-0.3, -0.25) is 4.79 Å². The first-order valence-electron chi connectivity index (χ1n) is 7.69. The van der Waals surface area contributed by atoms with Crippen molar-refractivity contribution in [1.29, 1.82) is 0 Å². The Kier molecular flexibility index (Phi) is 5.32. The summed E-state index contributed by atoms with van der Waals surface area (Å²) in [6.45, 7) is 6.65. The number of rotatable bonds is 4. The van der Waals surface area contributed by atoms with Gasteiger partial charge < -0.3 is 4.74 Å². The van der Waals surface area contributed by atoms with Gasteiger partial charge in [-0.05, 0) is 74.2 Å². The fourth-order valence-corrected chi connectivity index (χ4v) is 2.83. The summed E-state index contributed by atoms with van der Waals surface area (Å²) in [6, 6.07) is 5.15. The smallest absolute Gasteiger partial charge is 0.313 e. The third-order valence-corrected chi connectivity index (χ3v) is 3.95. The topological polar surface area (TPSA) is 26.3 Å². The van der Waals surface area contributed by atoms with E-state index in [4.69, 9.17) is 4.74 Å². The van der Waals surface area contributed by atoms with Crippen molar-refractivity contribution in [2.75, 3.05) is 6.61 Å². The highest BCUT2D eigenvalue weighted by molar-refractivity contribution is 5.79. The lowest BCUT2D eigenvalue weighted by atomic mass is 9.91. The largest absolute Gasteiger partial charge is 0.466 e. The van der Waals surface area contributed by atoms with Crippen LogP contribution in [-0.4, -0.2) is 12.6 Å². The highest BCUT2D eigenvalue weighted by Gasteiger charge is 2.24. The van der Waals surface area contributed by atoms with Crippen LogP contribution in [0, 0.1) is 31.3 Å². The molecule has 1 unspecified atom stereocenters. The number of carbonyl (C=O) groups excluding carboxylic acids is 1. The summed E-state index contributed by atoms with van der Waals surface area (Å²) >= 11 is 0. The van der Waals surface area contributed by atoms with Crippen molar-refractivity contribution < 1.29 is 22.7 Å². The van der Waals surface area contributed by atoms with Gasteiger partial charge in [0.05, 0.1) is 12.5 Å². The van der Waals surface area contributed by atoms with Crippen LogP contribution in [0.4, 0.5) is 13.2 Å². The van der Waals surface area contributed by atoms with Crippen LogP contribution in [0.2, 0.25) is 0 Å². The highest BCUT2D eigenvalue weighted by atomic mass is 19.2. The van der Waals surface area contributed by atoms with Crippen molar-refractivity contribution in [3.8, 4) is 11.1 Å². The predicted molar refractivity (Wildman–Crippen MR) is 86.3 cm³/mol. The van der Waals surface area contributed by atoms with Crippen LogP contribution in [0.5, 0.6) is 0 Å². The van der Waals surface area contributed by atoms with Crippen molar-refractivity contribution >= 4 is 5.97 Å². The van der Waals surface area contributed by atoms with Gasteiger partial charge in [-0.25, -0.2) is 13.2 Å². The minimum Gasteiger partial charge on any atom is -0.466 e. The zero-order valence-corrected chi connectivity index (χ0v) is 14.0. The number of halogens is 3. The molecule has 0 aromatic heterocycles. The molecule has 0 aliphatic heterocycles. The summed E-state index contributed by atoms with van der Waals surface area (Å²) in [6.07, 6.45) is 0.